The fourth-order valence-electron chi connectivity index (χ4n) is 1.34. The van der Waals surface area contributed by atoms with Crippen LogP contribution in [0.3, 0.4) is 0 Å². The smallest absolute Gasteiger partial charge is 0.256 e. The van der Waals surface area contributed by atoms with Crippen molar-refractivity contribution < 1.29 is 0 Å². The van der Waals surface area contributed by atoms with Crippen LogP contribution >= 0.6 is 11.8 Å². The number of aromatic nitrogens is 7. The molecule has 3 aromatic rings. The number of hydrogen-bond acceptors (Lipinski definition) is 8. The maximum Gasteiger partial charge on any atom is 0.256 e. The number of H-pyrrole nitrogens is 1. The van der Waals surface area contributed by atoms with Crippen LogP contribution in [0.25, 0.3) is 5.95 Å². The second kappa shape index (κ2) is 5.04. The summed E-state index contributed by atoms with van der Waals surface area (Å²) in [7, 11) is 0. The van der Waals surface area contributed by atoms with Gasteiger partial charge >= 0.3 is 0 Å². The van der Waals surface area contributed by atoms with E-state index in [2.05, 4.69) is 35.4 Å². The molecule has 0 aliphatic heterocycles. The van der Waals surface area contributed by atoms with Gasteiger partial charge in [-0.2, -0.15) is 20.1 Å². The summed E-state index contributed by atoms with van der Waals surface area (Å²) in [6.45, 7) is 0. The molecule has 0 aromatic carbocycles. The molecule has 0 amide bonds. The quantitative estimate of drug-likeness (QED) is 0.456. The van der Waals surface area contributed by atoms with Crippen LogP contribution in [-0.4, -0.2) is 34.7 Å². The van der Waals surface area contributed by atoms with Crippen molar-refractivity contribution in [2.24, 2.45) is 5.84 Å². The van der Waals surface area contributed by atoms with Gasteiger partial charge in [0.05, 0.1) is 0 Å². The Hall–Kier alpha value is -2.46. The molecule has 19 heavy (non-hydrogen) atoms. The standard InChI is InChI=1S/C9H9N9S/c10-17-6-14-7(18-5-1-2-13-18)16-9(15-6)19-8-11-3-4-12-8/h1-5H,10H2,(H,11,12)(H,14,15,16,17). The van der Waals surface area contributed by atoms with E-state index in [-0.39, 0.29) is 5.95 Å². The van der Waals surface area contributed by atoms with Gasteiger partial charge in [0, 0.05) is 24.8 Å². The van der Waals surface area contributed by atoms with Gasteiger partial charge < -0.3 is 4.98 Å². The summed E-state index contributed by atoms with van der Waals surface area (Å²) >= 11 is 1.27. The summed E-state index contributed by atoms with van der Waals surface area (Å²) in [5.74, 6) is 5.98. The molecule has 0 saturated heterocycles. The van der Waals surface area contributed by atoms with E-state index in [0.29, 0.717) is 16.3 Å². The minimum Gasteiger partial charge on any atom is -0.339 e. The van der Waals surface area contributed by atoms with E-state index in [0.717, 1.165) is 0 Å². The number of nitrogens with two attached hydrogens (primary N) is 1. The van der Waals surface area contributed by atoms with Crippen LogP contribution < -0.4 is 11.3 Å². The topological polar surface area (TPSA) is 123 Å². The average molecular weight is 275 g/mol. The zero-order valence-corrected chi connectivity index (χ0v) is 10.4. The number of nitrogens with one attached hydrogen (secondary N) is 2. The van der Waals surface area contributed by atoms with Crippen molar-refractivity contribution >= 4 is 17.7 Å². The summed E-state index contributed by atoms with van der Waals surface area (Å²) in [5, 5.41) is 5.21. The largest absolute Gasteiger partial charge is 0.339 e. The van der Waals surface area contributed by atoms with Crippen molar-refractivity contribution in [2.75, 3.05) is 5.43 Å². The first kappa shape index (κ1) is 11.6. The Bertz CT molecular complexity index is 648. The molecule has 0 atom stereocenters. The first-order valence-electron chi connectivity index (χ1n) is 5.25. The Balaban J connectivity index is 1.98. The normalized spacial score (nSPS) is 10.6. The van der Waals surface area contributed by atoms with E-state index in [1.54, 1.807) is 30.9 Å². The van der Waals surface area contributed by atoms with Crippen molar-refractivity contribution in [1.82, 2.24) is 34.7 Å². The molecule has 0 spiro atoms. The lowest BCUT2D eigenvalue weighted by atomic mass is 10.7. The highest BCUT2D eigenvalue weighted by Crippen LogP contribution is 2.21. The van der Waals surface area contributed by atoms with E-state index in [1.807, 2.05) is 0 Å². The Morgan fingerprint density at radius 1 is 1.26 bits per heavy atom. The van der Waals surface area contributed by atoms with Gasteiger partial charge in [0.15, 0.2) is 5.16 Å². The lowest BCUT2D eigenvalue weighted by Crippen LogP contribution is -2.14. The second-order valence-corrected chi connectivity index (χ2v) is 4.29. The first-order valence-corrected chi connectivity index (χ1v) is 6.07. The van der Waals surface area contributed by atoms with E-state index in [4.69, 9.17) is 5.84 Å². The molecule has 0 fully saturated rings. The fourth-order valence-corrected chi connectivity index (χ4v) is 2.01. The van der Waals surface area contributed by atoms with Crippen LogP contribution in [0, 0.1) is 0 Å². The van der Waals surface area contributed by atoms with Gasteiger partial charge in [-0.1, -0.05) is 0 Å². The molecule has 0 radical (unpaired) electrons. The van der Waals surface area contributed by atoms with Gasteiger partial charge in [0.25, 0.3) is 5.95 Å². The molecule has 0 aliphatic rings. The third-order valence-corrected chi connectivity index (χ3v) is 2.88. The molecule has 0 bridgehead atoms. The zero-order valence-electron chi connectivity index (χ0n) is 9.56. The van der Waals surface area contributed by atoms with Crippen LogP contribution in [0.4, 0.5) is 5.95 Å². The highest BCUT2D eigenvalue weighted by molar-refractivity contribution is 7.99. The minimum absolute atomic E-state index is 0.259. The molecule has 96 valence electrons. The van der Waals surface area contributed by atoms with Crippen molar-refractivity contribution in [3.8, 4) is 5.95 Å². The zero-order chi connectivity index (χ0) is 13.1. The second-order valence-electron chi connectivity index (χ2n) is 3.33. The Labute approximate surface area is 111 Å². The highest BCUT2D eigenvalue weighted by atomic mass is 32.2. The number of hydrazine groups is 1. The molecule has 0 saturated carbocycles. The minimum atomic E-state index is 0.259. The van der Waals surface area contributed by atoms with Gasteiger partial charge in [0.1, 0.15) is 0 Å². The van der Waals surface area contributed by atoms with Crippen LogP contribution in [-0.2, 0) is 0 Å². The summed E-state index contributed by atoms with van der Waals surface area (Å²) in [4.78, 5) is 19.6. The summed E-state index contributed by atoms with van der Waals surface area (Å²) in [6, 6.07) is 1.78. The van der Waals surface area contributed by atoms with Crippen molar-refractivity contribution in [3.05, 3.63) is 30.9 Å². The number of nitrogens with zero attached hydrogens (tertiary/aromatic N) is 6. The molecule has 3 aromatic heterocycles. The molecule has 9 nitrogen and oxygen atoms in total. The van der Waals surface area contributed by atoms with Crippen molar-refractivity contribution in [3.63, 3.8) is 0 Å². The van der Waals surface area contributed by atoms with Gasteiger partial charge in [-0.15, -0.1) is 0 Å². The van der Waals surface area contributed by atoms with Gasteiger partial charge in [0.2, 0.25) is 11.1 Å². The molecule has 3 rings (SSSR count). The molecule has 10 heteroatoms. The molecular formula is C9H9N9S. The first-order chi connectivity index (χ1) is 9.35. The van der Waals surface area contributed by atoms with Crippen molar-refractivity contribution in [2.45, 2.75) is 10.3 Å². The molecule has 0 unspecified atom stereocenters. The fraction of sp³-hybridized carbons (Fsp3) is 0. The van der Waals surface area contributed by atoms with E-state index >= 15 is 0 Å². The van der Waals surface area contributed by atoms with Crippen LogP contribution in [0.2, 0.25) is 0 Å². The van der Waals surface area contributed by atoms with E-state index in [9.17, 15) is 0 Å². The summed E-state index contributed by atoms with van der Waals surface area (Å²) < 4.78 is 1.52. The Kier molecular flexibility index (Phi) is 3.08. The number of aromatic amines is 1. The lowest BCUT2D eigenvalue weighted by molar-refractivity contribution is 0.759. The summed E-state index contributed by atoms with van der Waals surface area (Å²) in [6.07, 6.45) is 6.75. The predicted molar refractivity (Wildman–Crippen MR) is 67.5 cm³/mol. The lowest BCUT2D eigenvalue weighted by Gasteiger charge is -2.04. The Morgan fingerprint density at radius 2 is 2.21 bits per heavy atom. The molecule has 3 heterocycles. The molecule has 0 aliphatic carbocycles. The van der Waals surface area contributed by atoms with Crippen LogP contribution in [0.5, 0.6) is 0 Å². The van der Waals surface area contributed by atoms with Crippen LogP contribution in [0.1, 0.15) is 0 Å². The SMILES string of the molecule is NNc1nc(Sc2ncc[nH]2)nc(-n2cccn2)n1. The number of anilines is 1. The number of rotatable bonds is 4. The maximum absolute atomic E-state index is 5.35. The monoisotopic (exact) mass is 275 g/mol. The third kappa shape index (κ3) is 2.53. The van der Waals surface area contributed by atoms with E-state index in [1.165, 1.54) is 16.4 Å². The number of nitrogen functional groups attached to an aromatic ring is 1. The number of imidazole rings is 1. The highest BCUT2D eigenvalue weighted by Gasteiger charge is 2.10. The third-order valence-electron chi connectivity index (χ3n) is 2.10. The van der Waals surface area contributed by atoms with Gasteiger partial charge in [-0.25, -0.2) is 15.5 Å². The van der Waals surface area contributed by atoms with Gasteiger partial charge in [-0.3, -0.25) is 5.43 Å². The summed E-state index contributed by atoms with van der Waals surface area (Å²) in [5.41, 5.74) is 2.40. The van der Waals surface area contributed by atoms with Gasteiger partial charge in [-0.05, 0) is 17.8 Å². The van der Waals surface area contributed by atoms with Crippen molar-refractivity contribution in [1.29, 1.82) is 0 Å². The number of hydrogen-bond donors (Lipinski definition) is 3. The predicted octanol–water partition coefficient (Wildman–Crippen LogP) is 0.217. The maximum atomic E-state index is 5.35. The molecular weight excluding hydrogens is 266 g/mol. The van der Waals surface area contributed by atoms with Crippen LogP contribution in [0.15, 0.2) is 41.2 Å². The Morgan fingerprint density at radius 3 is 2.89 bits per heavy atom. The molecule has 4 N–H and O–H groups in total. The van der Waals surface area contributed by atoms with E-state index < -0.39 is 0 Å². The average Bonchev–Trinajstić information content (AvgIpc) is 3.11.